The Morgan fingerprint density at radius 2 is 2.12 bits per heavy atom. The fourth-order valence-electron chi connectivity index (χ4n) is 2.58. The molecule has 1 aromatic heterocycles. The molecule has 2 rings (SSSR count). The Morgan fingerprint density at radius 1 is 1.38 bits per heavy atom. The van der Waals surface area contributed by atoms with E-state index in [-0.39, 0.29) is 12.0 Å². The van der Waals surface area contributed by atoms with E-state index in [1.54, 1.807) is 6.92 Å². The van der Waals surface area contributed by atoms with Crippen LogP contribution in [0.3, 0.4) is 0 Å². The van der Waals surface area contributed by atoms with Gasteiger partial charge in [0, 0.05) is 22.4 Å². The second-order valence-electron chi connectivity index (χ2n) is 5.53. The van der Waals surface area contributed by atoms with Crippen molar-refractivity contribution < 1.29 is 9.53 Å². The van der Waals surface area contributed by atoms with Gasteiger partial charge in [-0.2, -0.15) is 0 Å². The number of carbonyl (C=O) groups is 1. The first kappa shape index (κ1) is 19.1. The lowest BCUT2D eigenvalue weighted by Crippen LogP contribution is -2.28. The van der Waals surface area contributed by atoms with Crippen molar-refractivity contribution >= 4 is 33.2 Å². The van der Waals surface area contributed by atoms with Crippen molar-refractivity contribution in [1.82, 2.24) is 9.88 Å². The minimum Gasteiger partial charge on any atom is -0.461 e. The molecule has 0 amide bonds. The van der Waals surface area contributed by atoms with Gasteiger partial charge >= 0.3 is 5.97 Å². The molecule has 0 saturated heterocycles. The van der Waals surface area contributed by atoms with E-state index in [0.29, 0.717) is 18.2 Å². The predicted octanol–water partition coefficient (Wildman–Crippen LogP) is 5.06. The van der Waals surface area contributed by atoms with Gasteiger partial charge in [0.1, 0.15) is 0 Å². The van der Waals surface area contributed by atoms with Crippen LogP contribution < -0.4 is 0 Å². The van der Waals surface area contributed by atoms with Crippen LogP contribution >= 0.6 is 27.3 Å². The lowest BCUT2D eigenvalue weighted by molar-refractivity contribution is 0.0525. The molecule has 1 atom stereocenters. The first-order chi connectivity index (χ1) is 11.6. The van der Waals surface area contributed by atoms with Crippen molar-refractivity contribution in [2.45, 2.75) is 39.8 Å². The van der Waals surface area contributed by atoms with Gasteiger partial charge in [0.2, 0.25) is 5.01 Å². The molecule has 6 heteroatoms. The molecule has 0 aliphatic rings. The largest absolute Gasteiger partial charge is 0.461 e. The quantitative estimate of drug-likeness (QED) is 0.570. The first-order valence-corrected chi connectivity index (χ1v) is 9.84. The lowest BCUT2D eigenvalue weighted by atomic mass is 10.1. The number of hydrogen-bond acceptors (Lipinski definition) is 5. The standard InChI is InChI=1S/C18H23BrN2O2S/c1-4-10-21(13(3)15-8-6-7-9-16(15)19)11-14-12-24-17(20-14)18(22)23-5-2/h6-9,12-13H,4-5,10-11H2,1-3H3. The second-order valence-corrected chi connectivity index (χ2v) is 7.24. The van der Waals surface area contributed by atoms with Gasteiger partial charge in [-0.05, 0) is 38.4 Å². The molecule has 24 heavy (non-hydrogen) atoms. The second kappa shape index (κ2) is 9.30. The molecule has 0 radical (unpaired) electrons. The van der Waals surface area contributed by atoms with Crippen LogP contribution in [0.4, 0.5) is 0 Å². The normalized spacial score (nSPS) is 12.4. The number of halogens is 1. The minimum absolute atomic E-state index is 0.258. The van der Waals surface area contributed by atoms with Gasteiger partial charge in [0.15, 0.2) is 0 Å². The highest BCUT2D eigenvalue weighted by Gasteiger charge is 2.20. The van der Waals surface area contributed by atoms with E-state index in [0.717, 1.165) is 23.1 Å². The van der Waals surface area contributed by atoms with Crippen molar-refractivity contribution in [1.29, 1.82) is 0 Å². The summed E-state index contributed by atoms with van der Waals surface area (Å²) in [7, 11) is 0. The summed E-state index contributed by atoms with van der Waals surface area (Å²) >= 11 is 4.99. The van der Waals surface area contributed by atoms with E-state index in [1.807, 2.05) is 11.4 Å². The molecular formula is C18H23BrN2O2S. The molecule has 0 saturated carbocycles. The van der Waals surface area contributed by atoms with Crippen LogP contribution in [-0.2, 0) is 11.3 Å². The Kier molecular flexibility index (Phi) is 7.40. The van der Waals surface area contributed by atoms with E-state index in [9.17, 15) is 4.79 Å². The van der Waals surface area contributed by atoms with Crippen molar-refractivity contribution in [3.8, 4) is 0 Å². The van der Waals surface area contributed by atoms with Gasteiger partial charge in [-0.1, -0.05) is 41.1 Å². The number of benzene rings is 1. The maximum absolute atomic E-state index is 11.8. The third-order valence-electron chi connectivity index (χ3n) is 3.78. The zero-order valence-electron chi connectivity index (χ0n) is 14.3. The van der Waals surface area contributed by atoms with E-state index >= 15 is 0 Å². The summed E-state index contributed by atoms with van der Waals surface area (Å²) < 4.78 is 6.13. The van der Waals surface area contributed by atoms with E-state index in [4.69, 9.17) is 4.74 Å². The average molecular weight is 411 g/mol. The predicted molar refractivity (Wildman–Crippen MR) is 101 cm³/mol. The maximum atomic E-state index is 11.8. The fraction of sp³-hybridized carbons (Fsp3) is 0.444. The summed E-state index contributed by atoms with van der Waals surface area (Å²) in [5, 5.41) is 2.37. The van der Waals surface area contributed by atoms with Crippen LogP contribution in [-0.4, -0.2) is 29.0 Å². The first-order valence-electron chi connectivity index (χ1n) is 8.16. The van der Waals surface area contributed by atoms with Crippen LogP contribution in [0, 0.1) is 0 Å². The van der Waals surface area contributed by atoms with Crippen LogP contribution in [0.25, 0.3) is 0 Å². The number of nitrogens with zero attached hydrogens (tertiary/aromatic N) is 2. The van der Waals surface area contributed by atoms with Gasteiger partial charge in [-0.25, -0.2) is 9.78 Å². The smallest absolute Gasteiger partial charge is 0.367 e. The highest BCUT2D eigenvalue weighted by atomic mass is 79.9. The Hall–Kier alpha value is -1.24. The molecule has 0 spiro atoms. The van der Waals surface area contributed by atoms with Crippen molar-refractivity contribution in [3.63, 3.8) is 0 Å². The average Bonchev–Trinajstić information content (AvgIpc) is 3.03. The minimum atomic E-state index is -0.338. The van der Waals surface area contributed by atoms with Crippen LogP contribution in [0.2, 0.25) is 0 Å². The van der Waals surface area contributed by atoms with Crippen molar-refractivity contribution in [2.24, 2.45) is 0 Å². The number of ether oxygens (including phenoxy) is 1. The Labute approximate surface area is 156 Å². The SMILES string of the molecule is CCCN(Cc1csc(C(=O)OCC)n1)C(C)c1ccccc1Br. The molecular weight excluding hydrogens is 388 g/mol. The van der Waals surface area contributed by atoms with Crippen molar-refractivity contribution in [3.05, 3.63) is 50.4 Å². The molecule has 1 aromatic carbocycles. The van der Waals surface area contributed by atoms with Crippen LogP contribution in [0.1, 0.15) is 54.3 Å². The summed E-state index contributed by atoms with van der Waals surface area (Å²) in [6, 6.07) is 8.55. The number of rotatable bonds is 8. The third-order valence-corrected chi connectivity index (χ3v) is 5.37. The summed E-state index contributed by atoms with van der Waals surface area (Å²) in [6.45, 7) is 8.23. The summed E-state index contributed by atoms with van der Waals surface area (Å²) in [4.78, 5) is 18.6. The number of aromatic nitrogens is 1. The number of thiazole rings is 1. The zero-order valence-corrected chi connectivity index (χ0v) is 16.7. The molecule has 0 aliphatic carbocycles. The van der Waals surface area contributed by atoms with Gasteiger partial charge in [0.05, 0.1) is 12.3 Å². The van der Waals surface area contributed by atoms with Crippen molar-refractivity contribution in [2.75, 3.05) is 13.2 Å². The monoisotopic (exact) mass is 410 g/mol. The van der Waals surface area contributed by atoms with Gasteiger partial charge in [-0.3, -0.25) is 4.90 Å². The molecule has 130 valence electrons. The molecule has 0 bridgehead atoms. The highest BCUT2D eigenvalue weighted by Crippen LogP contribution is 2.29. The molecule has 4 nitrogen and oxygen atoms in total. The number of hydrogen-bond donors (Lipinski definition) is 0. The summed E-state index contributed by atoms with van der Waals surface area (Å²) in [6.07, 6.45) is 1.06. The van der Waals surface area contributed by atoms with Gasteiger partial charge in [-0.15, -0.1) is 11.3 Å². The molecule has 0 fully saturated rings. The molecule has 0 aliphatic heterocycles. The molecule has 1 heterocycles. The van der Waals surface area contributed by atoms with E-state index < -0.39 is 0 Å². The Balaban J connectivity index is 2.14. The van der Waals surface area contributed by atoms with Crippen LogP contribution in [0.15, 0.2) is 34.1 Å². The molecule has 1 unspecified atom stereocenters. The van der Waals surface area contributed by atoms with E-state index in [1.165, 1.54) is 16.9 Å². The summed E-state index contributed by atoms with van der Waals surface area (Å²) in [5.41, 5.74) is 2.17. The highest BCUT2D eigenvalue weighted by molar-refractivity contribution is 9.10. The molecule has 0 N–H and O–H groups in total. The molecule has 2 aromatic rings. The number of esters is 1. The Morgan fingerprint density at radius 3 is 2.79 bits per heavy atom. The maximum Gasteiger partial charge on any atom is 0.367 e. The zero-order chi connectivity index (χ0) is 17.5. The van der Waals surface area contributed by atoms with Gasteiger partial charge in [0.25, 0.3) is 0 Å². The van der Waals surface area contributed by atoms with Crippen LogP contribution in [0.5, 0.6) is 0 Å². The lowest BCUT2D eigenvalue weighted by Gasteiger charge is -2.29. The number of carbonyl (C=O) groups excluding carboxylic acids is 1. The summed E-state index contributed by atoms with van der Waals surface area (Å²) in [5.74, 6) is -0.338. The Bertz CT molecular complexity index is 675. The topological polar surface area (TPSA) is 42.4 Å². The van der Waals surface area contributed by atoms with Gasteiger partial charge < -0.3 is 4.74 Å². The fourth-order valence-corrected chi connectivity index (χ4v) is 3.90. The van der Waals surface area contributed by atoms with E-state index in [2.05, 4.69) is 57.9 Å². The third kappa shape index (κ3) is 4.88.